The zero-order valence-corrected chi connectivity index (χ0v) is 13.7. The molecule has 0 unspecified atom stereocenters. The van der Waals surface area contributed by atoms with Crippen molar-refractivity contribution in [3.63, 3.8) is 0 Å². The highest BCUT2D eigenvalue weighted by Gasteiger charge is 2.30. The van der Waals surface area contributed by atoms with Crippen molar-refractivity contribution in [3.8, 4) is 5.75 Å². The first-order valence-corrected chi connectivity index (χ1v) is 8.20. The Hall–Kier alpha value is -2.33. The molecule has 4 rings (SSSR count). The van der Waals surface area contributed by atoms with Gasteiger partial charge in [-0.15, -0.1) is 0 Å². The van der Waals surface area contributed by atoms with Crippen molar-refractivity contribution in [1.29, 1.82) is 0 Å². The first-order valence-electron chi connectivity index (χ1n) is 7.79. The number of aryl methyl sites for hydroxylation is 1. The Kier molecular flexibility index (Phi) is 3.54. The van der Waals surface area contributed by atoms with Gasteiger partial charge in [-0.05, 0) is 53.9 Å². The van der Waals surface area contributed by atoms with Gasteiger partial charge in [0.05, 0.1) is 13.2 Å². The van der Waals surface area contributed by atoms with E-state index in [1.165, 1.54) is 28.0 Å². The highest BCUT2D eigenvalue weighted by Crippen LogP contribution is 2.38. The van der Waals surface area contributed by atoms with Crippen molar-refractivity contribution < 1.29 is 4.74 Å². The molecule has 0 amide bonds. The lowest BCUT2D eigenvalue weighted by Gasteiger charge is -2.35. The van der Waals surface area contributed by atoms with E-state index >= 15 is 0 Å². The van der Waals surface area contributed by atoms with Gasteiger partial charge in [-0.3, -0.25) is 0 Å². The molecule has 3 nitrogen and oxygen atoms in total. The average Bonchev–Trinajstić information content (AvgIpc) is 2.61. The lowest BCUT2D eigenvalue weighted by molar-refractivity contribution is 0.414. The number of methoxy groups -OCH3 is 1. The highest BCUT2D eigenvalue weighted by atomic mass is 32.1. The Morgan fingerprint density at radius 3 is 2.61 bits per heavy atom. The smallest absolute Gasteiger partial charge is 0.171 e. The summed E-state index contributed by atoms with van der Waals surface area (Å²) in [6, 6.07) is 16.9. The number of ether oxygens (including phenoxy) is 1. The second-order valence-corrected chi connectivity index (χ2v) is 6.27. The molecule has 116 valence electrons. The molecule has 2 aromatic rings. The average molecular weight is 322 g/mol. The fourth-order valence-electron chi connectivity index (χ4n) is 3.43. The molecular formula is C19H18N2OS. The van der Waals surface area contributed by atoms with Gasteiger partial charge in [-0.1, -0.05) is 36.4 Å². The van der Waals surface area contributed by atoms with Crippen molar-refractivity contribution in [3.05, 3.63) is 70.8 Å². The number of benzene rings is 2. The summed E-state index contributed by atoms with van der Waals surface area (Å²) in [5.74, 6) is 0.869. The van der Waals surface area contributed by atoms with Gasteiger partial charge in [0.1, 0.15) is 5.75 Å². The van der Waals surface area contributed by atoms with Crippen LogP contribution in [0.5, 0.6) is 5.75 Å². The van der Waals surface area contributed by atoms with Gasteiger partial charge in [0.25, 0.3) is 0 Å². The molecule has 0 aromatic heterocycles. The number of thiocarbonyl (C=S) groups is 1. The van der Waals surface area contributed by atoms with Crippen LogP contribution in [-0.4, -0.2) is 12.2 Å². The predicted molar refractivity (Wildman–Crippen MR) is 96.3 cm³/mol. The number of fused-ring (bicyclic) bond motifs is 2. The topological polar surface area (TPSA) is 33.3 Å². The van der Waals surface area contributed by atoms with E-state index in [4.69, 9.17) is 17.0 Å². The van der Waals surface area contributed by atoms with Gasteiger partial charge >= 0.3 is 0 Å². The Morgan fingerprint density at radius 1 is 1.04 bits per heavy atom. The van der Waals surface area contributed by atoms with Gasteiger partial charge < -0.3 is 15.4 Å². The third kappa shape index (κ3) is 2.49. The van der Waals surface area contributed by atoms with Crippen molar-refractivity contribution in [2.24, 2.45) is 0 Å². The molecule has 2 aromatic carbocycles. The molecule has 0 radical (unpaired) electrons. The number of hydrogen-bond acceptors (Lipinski definition) is 2. The zero-order chi connectivity index (χ0) is 15.8. The van der Waals surface area contributed by atoms with Crippen molar-refractivity contribution in [2.45, 2.75) is 18.9 Å². The van der Waals surface area contributed by atoms with E-state index < -0.39 is 0 Å². The van der Waals surface area contributed by atoms with Crippen LogP contribution in [0.1, 0.15) is 29.2 Å². The van der Waals surface area contributed by atoms with Crippen molar-refractivity contribution >= 4 is 23.0 Å². The molecule has 0 bridgehead atoms. The van der Waals surface area contributed by atoms with Crippen LogP contribution in [0.25, 0.3) is 5.70 Å². The van der Waals surface area contributed by atoms with E-state index in [0.29, 0.717) is 5.11 Å². The summed E-state index contributed by atoms with van der Waals surface area (Å²) in [4.78, 5) is 0. The molecule has 1 aliphatic heterocycles. The molecule has 0 saturated carbocycles. The predicted octanol–water partition coefficient (Wildman–Crippen LogP) is 3.57. The monoisotopic (exact) mass is 322 g/mol. The van der Waals surface area contributed by atoms with Crippen LogP contribution in [-0.2, 0) is 6.42 Å². The van der Waals surface area contributed by atoms with E-state index in [1.807, 2.05) is 12.1 Å². The van der Waals surface area contributed by atoms with Crippen molar-refractivity contribution in [2.75, 3.05) is 7.11 Å². The summed E-state index contributed by atoms with van der Waals surface area (Å²) in [6.07, 6.45) is 2.10. The van der Waals surface area contributed by atoms with E-state index in [9.17, 15) is 0 Å². The van der Waals surface area contributed by atoms with Gasteiger partial charge in [0.2, 0.25) is 0 Å². The minimum Gasteiger partial charge on any atom is -0.497 e. The largest absolute Gasteiger partial charge is 0.497 e. The zero-order valence-electron chi connectivity index (χ0n) is 12.9. The van der Waals surface area contributed by atoms with Gasteiger partial charge in [0.15, 0.2) is 5.11 Å². The fraction of sp³-hybridized carbons (Fsp3) is 0.211. The third-order valence-corrected chi connectivity index (χ3v) is 4.80. The summed E-state index contributed by atoms with van der Waals surface area (Å²) >= 11 is 5.45. The Bertz CT molecular complexity index is 795. The SMILES string of the molecule is COc1ccc([C@H]2NC(=S)NC3=C2CCc2ccccc23)cc1. The Balaban J connectivity index is 1.80. The summed E-state index contributed by atoms with van der Waals surface area (Å²) in [5.41, 5.74) is 6.42. The van der Waals surface area contributed by atoms with E-state index in [2.05, 4.69) is 47.0 Å². The number of nitrogens with one attached hydrogen (secondary N) is 2. The maximum absolute atomic E-state index is 5.45. The van der Waals surface area contributed by atoms with Crippen LogP contribution in [0.4, 0.5) is 0 Å². The third-order valence-electron chi connectivity index (χ3n) is 4.58. The molecule has 2 N–H and O–H groups in total. The molecule has 4 heteroatoms. The quantitative estimate of drug-likeness (QED) is 0.828. The van der Waals surface area contributed by atoms with Crippen LogP contribution in [0, 0.1) is 0 Å². The maximum atomic E-state index is 5.45. The molecule has 0 spiro atoms. The maximum Gasteiger partial charge on any atom is 0.171 e. The fourth-order valence-corrected chi connectivity index (χ4v) is 3.65. The number of rotatable bonds is 2. The van der Waals surface area contributed by atoms with Gasteiger partial charge in [-0.2, -0.15) is 0 Å². The Morgan fingerprint density at radius 2 is 1.83 bits per heavy atom. The summed E-state index contributed by atoms with van der Waals surface area (Å²) < 4.78 is 5.26. The first-order chi connectivity index (χ1) is 11.3. The number of hydrogen-bond donors (Lipinski definition) is 2. The lowest BCUT2D eigenvalue weighted by Crippen LogP contribution is -2.44. The first kappa shape index (κ1) is 14.3. The van der Waals surface area contributed by atoms with E-state index in [-0.39, 0.29) is 6.04 Å². The van der Waals surface area contributed by atoms with Crippen LogP contribution in [0.2, 0.25) is 0 Å². The molecule has 2 aliphatic rings. The molecule has 1 aliphatic carbocycles. The van der Waals surface area contributed by atoms with E-state index in [0.717, 1.165) is 18.6 Å². The normalized spacial score (nSPS) is 19.3. The second kappa shape index (κ2) is 5.70. The summed E-state index contributed by atoms with van der Waals surface area (Å²) in [6.45, 7) is 0. The standard InChI is InChI=1S/C19H18N2OS/c1-22-14-9-6-13(7-10-14)17-16-11-8-12-4-2-3-5-15(12)18(16)21-19(23)20-17/h2-7,9-10,17H,8,11H2,1H3,(H2,20,21,23)/t17-/m1/s1. The van der Waals surface area contributed by atoms with Crippen LogP contribution in [0.3, 0.4) is 0 Å². The summed E-state index contributed by atoms with van der Waals surface area (Å²) in [7, 11) is 1.69. The van der Waals surface area contributed by atoms with Gasteiger partial charge in [0, 0.05) is 11.3 Å². The van der Waals surface area contributed by atoms with E-state index in [1.54, 1.807) is 7.11 Å². The molecule has 1 atom stereocenters. The minimum atomic E-state index is 0.123. The Labute approximate surface area is 141 Å². The minimum absolute atomic E-state index is 0.123. The van der Waals surface area contributed by atoms with Crippen LogP contribution >= 0.6 is 12.2 Å². The highest BCUT2D eigenvalue weighted by molar-refractivity contribution is 7.80. The molecular weight excluding hydrogens is 304 g/mol. The van der Waals surface area contributed by atoms with Gasteiger partial charge in [-0.25, -0.2) is 0 Å². The lowest BCUT2D eigenvalue weighted by atomic mass is 9.83. The van der Waals surface area contributed by atoms with Crippen LogP contribution < -0.4 is 15.4 Å². The molecule has 1 heterocycles. The molecule has 23 heavy (non-hydrogen) atoms. The molecule has 0 saturated heterocycles. The molecule has 0 fully saturated rings. The van der Waals surface area contributed by atoms with Crippen molar-refractivity contribution in [1.82, 2.24) is 10.6 Å². The van der Waals surface area contributed by atoms with Crippen LogP contribution in [0.15, 0.2) is 54.1 Å². The second-order valence-electron chi connectivity index (χ2n) is 5.86. The summed E-state index contributed by atoms with van der Waals surface area (Å²) in [5, 5.41) is 7.48.